The molecule has 2 rings (SSSR count). The Kier molecular flexibility index (Phi) is 7.63. The van der Waals surface area contributed by atoms with Gasteiger partial charge in [-0.3, -0.25) is 0 Å². The second-order valence-corrected chi connectivity index (χ2v) is 4.77. The van der Waals surface area contributed by atoms with Crippen LogP contribution < -0.4 is 9.47 Å². The van der Waals surface area contributed by atoms with Gasteiger partial charge in [-0.25, -0.2) is 0 Å². The summed E-state index contributed by atoms with van der Waals surface area (Å²) in [5.41, 5.74) is 1.82. The Morgan fingerprint density at radius 2 is 1.67 bits per heavy atom. The predicted octanol–water partition coefficient (Wildman–Crippen LogP) is 5.73. The molecule has 0 saturated heterocycles. The molecule has 0 unspecified atom stereocenters. The van der Waals surface area contributed by atoms with Gasteiger partial charge in [0.1, 0.15) is 5.75 Å². The Morgan fingerprint density at radius 1 is 1.04 bits per heavy atom. The van der Waals surface area contributed by atoms with Gasteiger partial charge in [-0.2, -0.15) is 0 Å². The first-order valence-electron chi connectivity index (χ1n) is 7.99. The van der Waals surface area contributed by atoms with Gasteiger partial charge in [0.15, 0.2) is 11.5 Å². The van der Waals surface area contributed by atoms with Gasteiger partial charge in [0.05, 0.1) is 14.2 Å². The number of rotatable bonds is 5. The SMILES string of the molecule is C=C/C(=C\C=C/C)c1cc(O)cc2cc(OC)c(OC)cc12.CC. The largest absolute Gasteiger partial charge is 0.508 e. The summed E-state index contributed by atoms with van der Waals surface area (Å²) in [5.74, 6) is 1.48. The summed E-state index contributed by atoms with van der Waals surface area (Å²) in [6, 6.07) is 7.20. The topological polar surface area (TPSA) is 38.7 Å². The fourth-order valence-electron chi connectivity index (χ4n) is 2.38. The van der Waals surface area contributed by atoms with Crippen LogP contribution in [0.15, 0.2) is 55.1 Å². The van der Waals surface area contributed by atoms with Crippen molar-refractivity contribution in [1.82, 2.24) is 0 Å². The van der Waals surface area contributed by atoms with Crippen LogP contribution in [0.2, 0.25) is 0 Å². The fraction of sp³-hybridized carbons (Fsp3) is 0.238. The van der Waals surface area contributed by atoms with Crippen molar-refractivity contribution in [2.24, 2.45) is 0 Å². The van der Waals surface area contributed by atoms with Crippen molar-refractivity contribution in [3.8, 4) is 17.2 Å². The molecule has 2 aromatic carbocycles. The number of allylic oxidation sites excluding steroid dienone is 5. The van der Waals surface area contributed by atoms with Crippen LogP contribution in [0, 0.1) is 0 Å². The normalized spacial score (nSPS) is 11.1. The lowest BCUT2D eigenvalue weighted by Crippen LogP contribution is -1.92. The number of aromatic hydroxyl groups is 1. The molecule has 2 aromatic rings. The number of hydrogen-bond acceptors (Lipinski definition) is 3. The van der Waals surface area contributed by atoms with Crippen molar-refractivity contribution in [3.63, 3.8) is 0 Å². The van der Waals surface area contributed by atoms with Crippen molar-refractivity contribution in [2.45, 2.75) is 20.8 Å². The van der Waals surface area contributed by atoms with E-state index in [2.05, 4.69) is 6.58 Å². The van der Waals surface area contributed by atoms with E-state index in [1.807, 2.05) is 51.1 Å². The average molecular weight is 326 g/mol. The molecule has 0 spiro atoms. The summed E-state index contributed by atoms with van der Waals surface area (Å²) in [6.45, 7) is 9.81. The first kappa shape index (κ1) is 19.4. The van der Waals surface area contributed by atoms with Gasteiger partial charge in [0.2, 0.25) is 0 Å². The van der Waals surface area contributed by atoms with Crippen LogP contribution >= 0.6 is 0 Å². The Morgan fingerprint density at radius 3 is 2.21 bits per heavy atom. The number of phenolic OH excluding ortho intramolecular Hbond substituents is 1. The number of benzene rings is 2. The molecule has 1 N–H and O–H groups in total. The Hall–Kier alpha value is -2.68. The molecule has 0 heterocycles. The molecule has 24 heavy (non-hydrogen) atoms. The first-order valence-corrected chi connectivity index (χ1v) is 7.99. The summed E-state index contributed by atoms with van der Waals surface area (Å²) in [7, 11) is 3.20. The maximum atomic E-state index is 10.0. The van der Waals surface area contributed by atoms with E-state index in [1.54, 1.807) is 32.4 Å². The van der Waals surface area contributed by atoms with Crippen LogP contribution in [0.1, 0.15) is 26.3 Å². The molecule has 128 valence electrons. The van der Waals surface area contributed by atoms with Gasteiger partial charge >= 0.3 is 0 Å². The molecule has 0 fully saturated rings. The van der Waals surface area contributed by atoms with Gasteiger partial charge in [-0.1, -0.05) is 44.7 Å². The summed E-state index contributed by atoms with van der Waals surface area (Å²) >= 11 is 0. The quantitative estimate of drug-likeness (QED) is 0.713. The van der Waals surface area contributed by atoms with Crippen molar-refractivity contribution < 1.29 is 14.6 Å². The maximum absolute atomic E-state index is 10.0. The zero-order valence-corrected chi connectivity index (χ0v) is 15.1. The molecule has 0 radical (unpaired) electrons. The number of hydrogen-bond donors (Lipinski definition) is 1. The van der Waals surface area contributed by atoms with Gasteiger partial charge in [-0.15, -0.1) is 0 Å². The minimum absolute atomic E-state index is 0.197. The molecular weight excluding hydrogens is 300 g/mol. The smallest absolute Gasteiger partial charge is 0.161 e. The summed E-state index contributed by atoms with van der Waals surface area (Å²) < 4.78 is 10.7. The van der Waals surface area contributed by atoms with Crippen LogP contribution in [0.3, 0.4) is 0 Å². The number of fused-ring (bicyclic) bond motifs is 1. The molecule has 0 amide bonds. The molecule has 0 aromatic heterocycles. The van der Waals surface area contributed by atoms with E-state index in [9.17, 15) is 5.11 Å². The van der Waals surface area contributed by atoms with Crippen LogP contribution in [-0.2, 0) is 0 Å². The predicted molar refractivity (Wildman–Crippen MR) is 103 cm³/mol. The Bertz CT molecular complexity index is 755. The second-order valence-electron chi connectivity index (χ2n) is 4.77. The summed E-state index contributed by atoms with van der Waals surface area (Å²) in [5, 5.41) is 11.9. The molecule has 3 heteroatoms. The highest BCUT2D eigenvalue weighted by atomic mass is 16.5. The van der Waals surface area contributed by atoms with E-state index in [1.165, 1.54) is 0 Å². The van der Waals surface area contributed by atoms with Crippen LogP contribution in [-0.4, -0.2) is 19.3 Å². The summed E-state index contributed by atoms with van der Waals surface area (Å²) in [4.78, 5) is 0. The Labute approximate surface area is 144 Å². The molecule has 0 bridgehead atoms. The number of methoxy groups -OCH3 is 2. The van der Waals surface area contributed by atoms with Gasteiger partial charge in [0, 0.05) is 0 Å². The van der Waals surface area contributed by atoms with Crippen LogP contribution in [0.25, 0.3) is 16.3 Å². The highest BCUT2D eigenvalue weighted by Crippen LogP contribution is 2.37. The molecule has 0 atom stereocenters. The molecule has 0 aliphatic rings. The average Bonchev–Trinajstić information content (AvgIpc) is 2.62. The highest BCUT2D eigenvalue weighted by molar-refractivity contribution is 5.99. The maximum Gasteiger partial charge on any atom is 0.161 e. The standard InChI is InChI=1S/C19H20O3.C2H6/c1-5-7-8-13(6-2)16-11-15(20)9-14-10-18(21-3)19(22-4)12-17(14)16;1-2/h5-12,20H,2H2,1,3-4H3;1-2H3/b7-5-,13-8+;. The van der Waals surface area contributed by atoms with E-state index in [0.717, 1.165) is 21.9 Å². The lowest BCUT2D eigenvalue weighted by molar-refractivity contribution is 0.356. The molecule has 0 saturated carbocycles. The van der Waals surface area contributed by atoms with Crippen molar-refractivity contribution in [3.05, 3.63) is 60.7 Å². The lowest BCUT2D eigenvalue weighted by Gasteiger charge is -2.13. The van der Waals surface area contributed by atoms with Crippen LogP contribution in [0.4, 0.5) is 0 Å². The van der Waals surface area contributed by atoms with Crippen molar-refractivity contribution >= 4 is 16.3 Å². The molecule has 0 aliphatic carbocycles. The van der Waals surface area contributed by atoms with Gasteiger partial charge in [0.25, 0.3) is 0 Å². The van der Waals surface area contributed by atoms with E-state index < -0.39 is 0 Å². The van der Waals surface area contributed by atoms with E-state index >= 15 is 0 Å². The van der Waals surface area contributed by atoms with Crippen molar-refractivity contribution in [1.29, 1.82) is 0 Å². The zero-order chi connectivity index (χ0) is 18.1. The first-order chi connectivity index (χ1) is 11.6. The number of phenols is 1. The third-order valence-corrected chi connectivity index (χ3v) is 3.44. The highest BCUT2D eigenvalue weighted by Gasteiger charge is 2.12. The lowest BCUT2D eigenvalue weighted by atomic mass is 9.96. The van der Waals surface area contributed by atoms with Crippen LogP contribution in [0.5, 0.6) is 17.2 Å². The minimum atomic E-state index is 0.197. The minimum Gasteiger partial charge on any atom is -0.508 e. The number of ether oxygens (including phenoxy) is 2. The van der Waals surface area contributed by atoms with E-state index in [0.29, 0.717) is 11.5 Å². The Balaban J connectivity index is 0.00000139. The fourth-order valence-corrected chi connectivity index (χ4v) is 2.38. The monoisotopic (exact) mass is 326 g/mol. The van der Waals surface area contributed by atoms with Crippen molar-refractivity contribution in [2.75, 3.05) is 14.2 Å². The second kappa shape index (κ2) is 9.46. The zero-order valence-electron chi connectivity index (χ0n) is 15.1. The van der Waals surface area contributed by atoms with Gasteiger partial charge < -0.3 is 14.6 Å². The third-order valence-electron chi connectivity index (χ3n) is 3.44. The molecular formula is C21H26O3. The molecule has 0 aliphatic heterocycles. The van der Waals surface area contributed by atoms with E-state index in [-0.39, 0.29) is 5.75 Å². The third kappa shape index (κ3) is 4.19. The molecule has 3 nitrogen and oxygen atoms in total. The van der Waals surface area contributed by atoms with Gasteiger partial charge in [-0.05, 0) is 53.1 Å². The summed E-state index contributed by atoms with van der Waals surface area (Å²) in [6.07, 6.45) is 7.61. The van der Waals surface area contributed by atoms with E-state index in [4.69, 9.17) is 9.47 Å².